The average molecular weight is 823 g/mol. The fourth-order valence-electron chi connectivity index (χ4n) is 6.03. The Hall–Kier alpha value is -4.15. The van der Waals surface area contributed by atoms with Crippen LogP contribution in [0.2, 0.25) is 19.6 Å². The maximum Gasteiger partial charge on any atom is 0.121 e. The Kier molecular flexibility index (Phi) is 10.9. The minimum absolute atomic E-state index is 0. The summed E-state index contributed by atoms with van der Waals surface area (Å²) in [6.07, 6.45) is 3.95. The second-order valence-electron chi connectivity index (χ2n) is 13.7. The normalized spacial score (nSPS) is 12.0. The van der Waals surface area contributed by atoms with Gasteiger partial charge in [0, 0.05) is 37.9 Å². The van der Waals surface area contributed by atoms with Gasteiger partial charge in [0.05, 0.1) is 13.7 Å². The van der Waals surface area contributed by atoms with Gasteiger partial charge in [-0.05, 0) is 58.6 Å². The number of nitrogens with zero attached hydrogens (tertiary/aromatic N) is 2. The molecule has 0 fully saturated rings. The standard InChI is InChI=1S/C28H24NO.C15H18NSi.Ir/c1-18(2)19(3)21-14-15-29-26(16-21)25-11-7-10-24-23-13-12-22(17-27(23)30-28(24)25)20-8-5-4-6-9-20;1-12-10-14(13-8-6-5-7-9-13)16-11-15(12)17(2,3)4;/h4-10,12-19H,1-3H3;5-8,10-11H,1-4H3;/q2*-1;. The van der Waals surface area contributed by atoms with E-state index in [4.69, 9.17) is 4.42 Å². The molecule has 245 valence electrons. The zero-order chi connectivity index (χ0) is 33.1. The number of benzene rings is 4. The largest absolute Gasteiger partial charge is 0.501 e. The molecule has 3 heterocycles. The molecule has 1 radical (unpaired) electrons. The summed E-state index contributed by atoms with van der Waals surface area (Å²) in [6.45, 7) is 16.0. The second-order valence-corrected chi connectivity index (χ2v) is 18.7. The van der Waals surface area contributed by atoms with Crippen LogP contribution in [0.25, 0.3) is 55.6 Å². The summed E-state index contributed by atoms with van der Waals surface area (Å²) >= 11 is 0. The molecule has 3 nitrogen and oxygen atoms in total. The number of aryl methyl sites for hydroxylation is 1. The second kappa shape index (κ2) is 14.9. The first-order valence-electron chi connectivity index (χ1n) is 16.4. The van der Waals surface area contributed by atoms with Gasteiger partial charge >= 0.3 is 0 Å². The molecule has 0 saturated heterocycles. The van der Waals surface area contributed by atoms with Gasteiger partial charge in [0.15, 0.2) is 0 Å². The van der Waals surface area contributed by atoms with E-state index in [2.05, 4.69) is 148 Å². The maximum atomic E-state index is 6.38. The minimum Gasteiger partial charge on any atom is -0.501 e. The predicted octanol–water partition coefficient (Wildman–Crippen LogP) is 11.3. The molecule has 0 spiro atoms. The summed E-state index contributed by atoms with van der Waals surface area (Å²) in [6, 6.07) is 41.9. The third-order valence-corrected chi connectivity index (χ3v) is 11.1. The first-order chi connectivity index (χ1) is 22.6. The van der Waals surface area contributed by atoms with Crippen LogP contribution in [0.3, 0.4) is 0 Å². The van der Waals surface area contributed by atoms with Gasteiger partial charge in [-0.3, -0.25) is 0 Å². The Morgan fingerprint density at radius 3 is 2.17 bits per heavy atom. The molecule has 0 aliphatic rings. The summed E-state index contributed by atoms with van der Waals surface area (Å²) in [4.78, 5) is 9.23. The summed E-state index contributed by atoms with van der Waals surface area (Å²) in [7, 11) is -1.27. The number of hydrogen-bond donors (Lipinski definition) is 0. The van der Waals surface area contributed by atoms with E-state index in [1.807, 2.05) is 36.5 Å². The van der Waals surface area contributed by atoms with E-state index < -0.39 is 8.07 Å². The zero-order valence-corrected chi connectivity index (χ0v) is 32.2. The zero-order valence-electron chi connectivity index (χ0n) is 28.8. The van der Waals surface area contributed by atoms with E-state index in [1.165, 1.54) is 21.9 Å². The molecule has 0 saturated carbocycles. The van der Waals surface area contributed by atoms with Crippen LogP contribution in [0.1, 0.15) is 37.8 Å². The van der Waals surface area contributed by atoms with Crippen molar-refractivity contribution >= 4 is 35.2 Å². The Labute approximate surface area is 299 Å². The molecule has 0 N–H and O–H groups in total. The maximum absolute atomic E-state index is 6.38. The summed E-state index contributed by atoms with van der Waals surface area (Å²) < 4.78 is 6.38. The van der Waals surface area contributed by atoms with Crippen LogP contribution in [-0.2, 0) is 20.1 Å². The fourth-order valence-corrected chi connectivity index (χ4v) is 7.74. The van der Waals surface area contributed by atoms with Crippen molar-refractivity contribution in [3.8, 4) is 33.6 Å². The van der Waals surface area contributed by atoms with Crippen molar-refractivity contribution in [2.75, 3.05) is 0 Å². The molecule has 1 unspecified atom stereocenters. The summed E-state index contributed by atoms with van der Waals surface area (Å²) in [5.41, 5.74) is 10.6. The van der Waals surface area contributed by atoms with Gasteiger partial charge < -0.3 is 14.4 Å². The molecule has 0 bridgehead atoms. The van der Waals surface area contributed by atoms with Gasteiger partial charge in [-0.1, -0.05) is 117 Å². The van der Waals surface area contributed by atoms with Gasteiger partial charge in [-0.15, -0.1) is 54.1 Å². The van der Waals surface area contributed by atoms with Crippen molar-refractivity contribution in [3.05, 3.63) is 139 Å². The fraction of sp³-hybridized carbons (Fsp3) is 0.209. The Bertz CT molecular complexity index is 2130. The number of furan rings is 1. The first kappa shape index (κ1) is 35.2. The third kappa shape index (κ3) is 7.60. The van der Waals surface area contributed by atoms with E-state index >= 15 is 0 Å². The monoisotopic (exact) mass is 823 g/mol. The van der Waals surface area contributed by atoms with Crippen LogP contribution in [0.4, 0.5) is 0 Å². The van der Waals surface area contributed by atoms with E-state index in [1.54, 1.807) is 0 Å². The van der Waals surface area contributed by atoms with E-state index in [0.717, 1.165) is 50.0 Å². The molecule has 7 aromatic rings. The van der Waals surface area contributed by atoms with Crippen LogP contribution >= 0.6 is 0 Å². The Balaban J connectivity index is 0.000000214. The quantitative estimate of drug-likeness (QED) is 0.124. The van der Waals surface area contributed by atoms with Gasteiger partial charge in [0.1, 0.15) is 5.58 Å². The number of hydrogen-bond acceptors (Lipinski definition) is 3. The van der Waals surface area contributed by atoms with Gasteiger partial charge in [-0.2, -0.15) is 0 Å². The van der Waals surface area contributed by atoms with Crippen LogP contribution in [0.5, 0.6) is 0 Å². The van der Waals surface area contributed by atoms with Crippen molar-refractivity contribution < 1.29 is 24.5 Å². The van der Waals surface area contributed by atoms with Gasteiger partial charge in [-0.25, -0.2) is 0 Å². The predicted molar refractivity (Wildman–Crippen MR) is 201 cm³/mol. The van der Waals surface area contributed by atoms with Crippen molar-refractivity contribution in [2.45, 2.75) is 53.3 Å². The molecular formula is C43H42IrN2OSi-2. The first-order valence-corrected chi connectivity index (χ1v) is 19.9. The average Bonchev–Trinajstić information content (AvgIpc) is 3.46. The van der Waals surface area contributed by atoms with Gasteiger partial charge in [0.2, 0.25) is 0 Å². The van der Waals surface area contributed by atoms with Crippen LogP contribution in [-0.4, -0.2) is 18.0 Å². The molecule has 3 aromatic heterocycles. The molecule has 4 aromatic carbocycles. The van der Waals surface area contributed by atoms with Crippen molar-refractivity contribution in [3.63, 3.8) is 0 Å². The minimum atomic E-state index is -1.27. The molecular weight excluding hydrogens is 781 g/mol. The summed E-state index contributed by atoms with van der Waals surface area (Å²) in [5, 5.41) is 3.66. The number of fused-ring (bicyclic) bond motifs is 3. The van der Waals surface area contributed by atoms with Crippen LogP contribution in [0.15, 0.2) is 120 Å². The van der Waals surface area contributed by atoms with Crippen molar-refractivity contribution in [1.82, 2.24) is 9.97 Å². The molecule has 0 aliphatic carbocycles. The topological polar surface area (TPSA) is 38.9 Å². The van der Waals surface area contributed by atoms with Crippen molar-refractivity contribution in [2.24, 2.45) is 5.92 Å². The molecule has 0 aliphatic heterocycles. The Morgan fingerprint density at radius 2 is 1.48 bits per heavy atom. The molecule has 5 heteroatoms. The number of aromatic nitrogens is 2. The molecule has 7 rings (SSSR count). The summed E-state index contributed by atoms with van der Waals surface area (Å²) in [5.74, 6) is 1.04. The van der Waals surface area contributed by atoms with E-state index in [9.17, 15) is 0 Å². The van der Waals surface area contributed by atoms with Crippen LogP contribution in [0, 0.1) is 25.0 Å². The number of rotatable bonds is 6. The smallest absolute Gasteiger partial charge is 0.121 e. The molecule has 0 amide bonds. The Morgan fingerprint density at radius 1 is 0.708 bits per heavy atom. The van der Waals surface area contributed by atoms with E-state index in [0.29, 0.717) is 11.8 Å². The van der Waals surface area contributed by atoms with Crippen LogP contribution < -0.4 is 5.19 Å². The molecule has 48 heavy (non-hydrogen) atoms. The molecule has 1 atom stereocenters. The number of pyridine rings is 2. The third-order valence-electron chi connectivity index (χ3n) is 9.01. The van der Waals surface area contributed by atoms with Gasteiger partial charge in [0.25, 0.3) is 0 Å². The van der Waals surface area contributed by atoms with E-state index in [-0.39, 0.29) is 20.1 Å². The SMILES string of the molecule is CC(C)C(C)c1ccnc(-c2[c-]ccc3c2oc2cc(-c4ccccc4)ccc23)c1.Cc1cc(-c2[c-]cccc2)ncc1[Si](C)(C)C.[Ir]. The van der Waals surface area contributed by atoms with Crippen molar-refractivity contribution in [1.29, 1.82) is 0 Å².